The van der Waals surface area contributed by atoms with Crippen molar-refractivity contribution in [1.82, 2.24) is 39.9 Å². The number of benzene rings is 1. The molecule has 0 saturated carbocycles. The van der Waals surface area contributed by atoms with Crippen molar-refractivity contribution >= 4 is 39.5 Å². The molecule has 6 rings (SSSR count). The number of hydrogen-bond acceptors (Lipinski definition) is 6. The second-order valence-electron chi connectivity index (χ2n) is 8.75. The highest BCUT2D eigenvalue weighted by Gasteiger charge is 2.19. The van der Waals surface area contributed by atoms with Crippen molar-refractivity contribution in [3.05, 3.63) is 60.3 Å². The number of likely N-dealkylation sites (N-methyl/N-ethyl adjacent to an activating group) is 1. The summed E-state index contributed by atoms with van der Waals surface area (Å²) in [7, 11) is 2.05. The predicted octanol–water partition coefficient (Wildman–Crippen LogP) is 3.89. The molecule has 0 radical (unpaired) electrons. The van der Waals surface area contributed by atoms with Crippen molar-refractivity contribution in [3.8, 4) is 22.6 Å². The number of carbonyl (C=O) groups is 1. The van der Waals surface area contributed by atoms with Crippen LogP contribution >= 0.6 is 0 Å². The van der Waals surface area contributed by atoms with E-state index in [4.69, 9.17) is 6.57 Å². The molecular formula is C25H22N10O. The Balaban J connectivity index is 1.31. The predicted molar refractivity (Wildman–Crippen MR) is 137 cm³/mol. The number of piperazine rings is 1. The molecule has 0 aliphatic carbocycles. The van der Waals surface area contributed by atoms with Crippen molar-refractivity contribution in [1.29, 1.82) is 0 Å². The third-order valence-corrected chi connectivity index (χ3v) is 6.37. The van der Waals surface area contributed by atoms with Gasteiger partial charge < -0.3 is 20.1 Å². The van der Waals surface area contributed by atoms with E-state index in [9.17, 15) is 4.79 Å². The van der Waals surface area contributed by atoms with Crippen LogP contribution in [0.5, 0.6) is 0 Å². The van der Waals surface area contributed by atoms with Crippen LogP contribution in [0.3, 0.4) is 0 Å². The molecule has 1 saturated heterocycles. The summed E-state index contributed by atoms with van der Waals surface area (Å²) in [5.41, 5.74) is 5.36. The van der Waals surface area contributed by atoms with Crippen molar-refractivity contribution in [2.75, 3.05) is 38.5 Å². The number of aromatic nitrogens is 6. The summed E-state index contributed by atoms with van der Waals surface area (Å²) >= 11 is 0. The largest absolute Gasteiger partial charge is 0.338 e. The molecular weight excluding hydrogens is 456 g/mol. The summed E-state index contributed by atoms with van der Waals surface area (Å²) in [4.78, 5) is 37.0. The number of fused-ring (bicyclic) bond motifs is 2. The van der Waals surface area contributed by atoms with E-state index in [1.165, 1.54) is 0 Å². The second-order valence-corrected chi connectivity index (χ2v) is 8.75. The van der Waals surface area contributed by atoms with Gasteiger partial charge in [-0.15, -0.1) is 0 Å². The minimum Gasteiger partial charge on any atom is -0.338 e. The normalized spacial score (nSPS) is 14.3. The molecule has 0 unspecified atom stereocenters. The molecule has 5 heterocycles. The Kier molecular flexibility index (Phi) is 5.28. The number of nitrogens with zero attached hydrogens (tertiary/aromatic N) is 7. The number of anilines is 1. The lowest BCUT2D eigenvalue weighted by Gasteiger charge is -2.32. The molecule has 11 nitrogen and oxygen atoms in total. The summed E-state index contributed by atoms with van der Waals surface area (Å²) in [6.07, 6.45) is 5.10. The molecule has 0 spiro atoms. The lowest BCUT2D eigenvalue weighted by molar-refractivity contribution is 0.164. The Morgan fingerprint density at radius 2 is 1.94 bits per heavy atom. The average molecular weight is 479 g/mol. The molecule has 0 atom stereocenters. The number of pyridine rings is 2. The molecule has 1 aliphatic heterocycles. The molecule has 1 fully saturated rings. The number of H-pyrrole nitrogens is 2. The highest BCUT2D eigenvalue weighted by molar-refractivity contribution is 5.96. The molecule has 5 aromatic rings. The Morgan fingerprint density at radius 3 is 2.78 bits per heavy atom. The standard InChI is InChI=1S/C25H22N10O/c1-26-19-4-3-5-20-22(19)31-24(30-20)21-18-11-16(13-28-23(18)33-32-21)15-10-17(14-27-12-15)29-25(36)35-8-6-34(2)7-9-35/h3-5,10-14H,6-9H2,2H3,(H,29,36)(H,30,31)(H,28,32,33). The van der Waals surface area contributed by atoms with Gasteiger partial charge >= 0.3 is 6.03 Å². The quantitative estimate of drug-likeness (QED) is 0.338. The van der Waals surface area contributed by atoms with E-state index in [0.717, 1.165) is 35.1 Å². The zero-order valence-corrected chi connectivity index (χ0v) is 19.5. The monoisotopic (exact) mass is 478 g/mol. The molecule has 2 amide bonds. The van der Waals surface area contributed by atoms with Gasteiger partial charge in [0.1, 0.15) is 5.69 Å². The minimum atomic E-state index is -0.128. The SMILES string of the molecule is [C-]#[N+]c1cccc2[nH]c(-c3[nH]nc4ncc(-c5cncc(NC(=O)N6CCN(C)CC6)c5)cc34)nc12. The lowest BCUT2D eigenvalue weighted by Crippen LogP contribution is -2.48. The molecule has 1 aliphatic rings. The number of aromatic amines is 2. The fraction of sp³-hybridized carbons (Fsp3) is 0.200. The van der Waals surface area contributed by atoms with Crippen LogP contribution in [0.25, 0.3) is 49.6 Å². The Morgan fingerprint density at radius 1 is 1.11 bits per heavy atom. The topological polar surface area (TPSA) is 123 Å². The van der Waals surface area contributed by atoms with Gasteiger partial charge in [0.2, 0.25) is 5.69 Å². The highest BCUT2D eigenvalue weighted by atomic mass is 16.2. The van der Waals surface area contributed by atoms with E-state index in [1.807, 2.05) is 29.2 Å². The van der Waals surface area contributed by atoms with Crippen LogP contribution in [-0.2, 0) is 0 Å². The average Bonchev–Trinajstić information content (AvgIpc) is 3.52. The summed E-state index contributed by atoms with van der Waals surface area (Å²) in [6, 6.07) is 9.17. The van der Waals surface area contributed by atoms with Crippen molar-refractivity contribution < 1.29 is 4.79 Å². The van der Waals surface area contributed by atoms with Crippen LogP contribution < -0.4 is 5.32 Å². The van der Waals surface area contributed by atoms with Crippen LogP contribution in [0, 0.1) is 6.57 Å². The number of hydrogen-bond donors (Lipinski definition) is 3. The first-order chi connectivity index (χ1) is 17.6. The lowest BCUT2D eigenvalue weighted by atomic mass is 10.1. The summed E-state index contributed by atoms with van der Waals surface area (Å²) < 4.78 is 0. The highest BCUT2D eigenvalue weighted by Crippen LogP contribution is 2.31. The number of urea groups is 1. The molecule has 4 aromatic heterocycles. The van der Waals surface area contributed by atoms with Gasteiger partial charge in [0.15, 0.2) is 11.5 Å². The zero-order valence-electron chi connectivity index (χ0n) is 19.5. The van der Waals surface area contributed by atoms with E-state index in [0.29, 0.717) is 47.1 Å². The van der Waals surface area contributed by atoms with E-state index in [2.05, 4.69) is 52.2 Å². The van der Waals surface area contributed by atoms with E-state index >= 15 is 0 Å². The fourth-order valence-corrected chi connectivity index (χ4v) is 4.34. The Hall–Kier alpha value is -4.82. The number of imidazole rings is 1. The zero-order chi connectivity index (χ0) is 24.6. The number of amides is 2. The molecule has 36 heavy (non-hydrogen) atoms. The maximum atomic E-state index is 12.7. The van der Waals surface area contributed by atoms with Gasteiger partial charge in [-0.3, -0.25) is 10.1 Å². The summed E-state index contributed by atoms with van der Waals surface area (Å²) in [5.74, 6) is 0.578. The number of para-hydroxylation sites is 1. The molecule has 0 bridgehead atoms. The third kappa shape index (κ3) is 3.89. The van der Waals surface area contributed by atoms with Gasteiger partial charge in [-0.1, -0.05) is 12.1 Å². The van der Waals surface area contributed by atoms with Crippen LogP contribution in [-0.4, -0.2) is 79.2 Å². The van der Waals surface area contributed by atoms with Crippen LogP contribution in [0.15, 0.2) is 48.9 Å². The van der Waals surface area contributed by atoms with Crippen LogP contribution in [0.4, 0.5) is 16.2 Å². The van der Waals surface area contributed by atoms with E-state index in [-0.39, 0.29) is 6.03 Å². The first-order valence-electron chi connectivity index (χ1n) is 11.5. The van der Waals surface area contributed by atoms with Crippen LogP contribution in [0.2, 0.25) is 0 Å². The molecule has 178 valence electrons. The Bertz CT molecular complexity index is 1640. The van der Waals surface area contributed by atoms with Gasteiger partial charge in [0.25, 0.3) is 0 Å². The number of nitrogens with one attached hydrogen (secondary N) is 3. The van der Waals surface area contributed by atoms with Crippen molar-refractivity contribution in [2.24, 2.45) is 0 Å². The van der Waals surface area contributed by atoms with E-state index in [1.54, 1.807) is 24.7 Å². The van der Waals surface area contributed by atoms with Crippen LogP contribution in [0.1, 0.15) is 0 Å². The van der Waals surface area contributed by atoms with E-state index < -0.39 is 0 Å². The van der Waals surface area contributed by atoms with Gasteiger partial charge in [0.05, 0.1) is 34.9 Å². The van der Waals surface area contributed by atoms with Gasteiger partial charge in [-0.2, -0.15) is 5.10 Å². The smallest absolute Gasteiger partial charge is 0.321 e. The number of rotatable bonds is 3. The summed E-state index contributed by atoms with van der Waals surface area (Å²) in [6.45, 7) is 10.5. The molecule has 11 heteroatoms. The first kappa shape index (κ1) is 21.7. The summed E-state index contributed by atoms with van der Waals surface area (Å²) in [5, 5.41) is 11.1. The fourth-order valence-electron chi connectivity index (χ4n) is 4.34. The third-order valence-electron chi connectivity index (χ3n) is 6.37. The second kappa shape index (κ2) is 8.75. The minimum absolute atomic E-state index is 0.128. The van der Waals surface area contributed by atoms with Crippen molar-refractivity contribution in [2.45, 2.75) is 0 Å². The molecule has 1 aromatic carbocycles. The van der Waals surface area contributed by atoms with Crippen molar-refractivity contribution in [3.63, 3.8) is 0 Å². The maximum absolute atomic E-state index is 12.7. The number of carbonyl (C=O) groups excluding carboxylic acids is 1. The molecule has 3 N–H and O–H groups in total. The maximum Gasteiger partial charge on any atom is 0.321 e. The van der Waals surface area contributed by atoms with Gasteiger partial charge in [-0.05, 0) is 25.2 Å². The van der Waals surface area contributed by atoms with Gasteiger partial charge in [0, 0.05) is 49.7 Å². The first-order valence-corrected chi connectivity index (χ1v) is 11.5. The van der Waals surface area contributed by atoms with Gasteiger partial charge in [-0.25, -0.2) is 19.6 Å². The Labute approximate surface area is 206 Å².